The van der Waals surface area contributed by atoms with E-state index in [2.05, 4.69) is 31.0 Å². The van der Waals surface area contributed by atoms with Crippen molar-refractivity contribution < 1.29 is 20.4 Å². The van der Waals surface area contributed by atoms with E-state index >= 15 is 0 Å². The number of nitrogens with zero attached hydrogens (tertiary/aromatic N) is 4. The van der Waals surface area contributed by atoms with Gasteiger partial charge in [-0.25, -0.2) is 9.97 Å². The van der Waals surface area contributed by atoms with E-state index in [1.807, 2.05) is 0 Å². The fourth-order valence-corrected chi connectivity index (χ4v) is 2.12. The maximum absolute atomic E-state index is 9.71. The maximum Gasteiger partial charge on any atom is 0.166 e. The SMILES string of the molecule is Oc1cccc(C=NNc2cc(NN=Cc3cccc(O)c3O)ncn2)c1O. The Labute approximate surface area is 159 Å². The average molecular weight is 380 g/mol. The summed E-state index contributed by atoms with van der Waals surface area (Å²) in [5.74, 6) is -0.334. The lowest BCUT2D eigenvalue weighted by Gasteiger charge is -2.04. The molecule has 142 valence electrons. The van der Waals surface area contributed by atoms with Crippen LogP contribution in [0.5, 0.6) is 23.0 Å². The number of aromatic nitrogens is 2. The summed E-state index contributed by atoms with van der Waals surface area (Å²) in [7, 11) is 0. The topological polar surface area (TPSA) is 155 Å². The minimum absolute atomic E-state index is 0.242. The summed E-state index contributed by atoms with van der Waals surface area (Å²) < 4.78 is 0. The standard InChI is InChI=1S/C18H16N6O4/c25-13-5-1-3-11(17(13)27)8-21-23-15-7-16(20-10-19-15)24-22-9-12-4-2-6-14(26)18(12)28/h1-10,25-28H,(H2,19,20,23,24). The molecule has 0 unspecified atom stereocenters. The van der Waals surface area contributed by atoms with E-state index < -0.39 is 0 Å². The molecule has 0 atom stereocenters. The monoisotopic (exact) mass is 380 g/mol. The quantitative estimate of drug-likeness (QED) is 0.216. The number of rotatable bonds is 6. The third kappa shape index (κ3) is 4.43. The Balaban J connectivity index is 1.64. The van der Waals surface area contributed by atoms with Crippen molar-refractivity contribution in [3.05, 3.63) is 59.9 Å². The molecule has 10 heteroatoms. The van der Waals surface area contributed by atoms with E-state index in [0.717, 1.165) is 0 Å². The Kier molecular flexibility index (Phi) is 5.51. The first-order chi connectivity index (χ1) is 13.5. The van der Waals surface area contributed by atoms with Crippen LogP contribution in [0, 0.1) is 0 Å². The summed E-state index contributed by atoms with van der Waals surface area (Å²) >= 11 is 0. The first kappa shape index (κ1) is 18.5. The Morgan fingerprint density at radius 1 is 0.714 bits per heavy atom. The van der Waals surface area contributed by atoms with Crippen molar-refractivity contribution in [1.82, 2.24) is 9.97 Å². The molecule has 6 N–H and O–H groups in total. The van der Waals surface area contributed by atoms with Crippen molar-refractivity contribution in [2.75, 3.05) is 10.9 Å². The van der Waals surface area contributed by atoms with Gasteiger partial charge in [0.1, 0.15) is 6.33 Å². The van der Waals surface area contributed by atoms with Crippen molar-refractivity contribution in [3.8, 4) is 23.0 Å². The molecule has 10 nitrogen and oxygen atoms in total. The normalized spacial score (nSPS) is 11.1. The molecular formula is C18H16N6O4. The molecular weight excluding hydrogens is 364 g/mol. The number of para-hydroxylation sites is 2. The van der Waals surface area contributed by atoms with Crippen LogP contribution in [0.25, 0.3) is 0 Å². The van der Waals surface area contributed by atoms with Crippen LogP contribution in [0.2, 0.25) is 0 Å². The maximum atomic E-state index is 9.71. The Bertz CT molecular complexity index is 960. The van der Waals surface area contributed by atoms with Crippen LogP contribution in [-0.2, 0) is 0 Å². The summed E-state index contributed by atoms with van der Waals surface area (Å²) in [5, 5.41) is 46.2. The van der Waals surface area contributed by atoms with Crippen molar-refractivity contribution in [2.24, 2.45) is 10.2 Å². The predicted molar refractivity (Wildman–Crippen MR) is 104 cm³/mol. The number of hydrazone groups is 2. The Hall–Kier alpha value is -4.34. The molecule has 0 aliphatic rings. The molecule has 1 heterocycles. The largest absolute Gasteiger partial charge is 0.504 e. The molecule has 0 radical (unpaired) electrons. The van der Waals surface area contributed by atoms with E-state index in [9.17, 15) is 20.4 Å². The summed E-state index contributed by atoms with van der Waals surface area (Å²) in [6, 6.07) is 10.6. The molecule has 1 aromatic heterocycles. The van der Waals surface area contributed by atoms with Crippen LogP contribution < -0.4 is 10.9 Å². The number of phenols is 4. The minimum Gasteiger partial charge on any atom is -0.504 e. The first-order valence-electron chi connectivity index (χ1n) is 7.96. The number of anilines is 2. The summed E-state index contributed by atoms with van der Waals surface area (Å²) in [6.45, 7) is 0. The zero-order chi connectivity index (χ0) is 19.9. The van der Waals surface area contributed by atoms with Gasteiger partial charge in [-0.15, -0.1) is 0 Å². The highest BCUT2D eigenvalue weighted by Crippen LogP contribution is 2.27. The Morgan fingerprint density at radius 3 is 1.64 bits per heavy atom. The predicted octanol–water partition coefficient (Wildman–Crippen LogP) is 2.19. The van der Waals surface area contributed by atoms with Gasteiger partial charge in [-0.1, -0.05) is 12.1 Å². The molecule has 28 heavy (non-hydrogen) atoms. The fourth-order valence-electron chi connectivity index (χ4n) is 2.12. The molecule has 3 aromatic rings. The van der Waals surface area contributed by atoms with Crippen LogP contribution in [0.3, 0.4) is 0 Å². The molecule has 0 aliphatic carbocycles. The zero-order valence-electron chi connectivity index (χ0n) is 14.4. The number of hydrogen-bond donors (Lipinski definition) is 6. The van der Waals surface area contributed by atoms with E-state index in [1.54, 1.807) is 24.3 Å². The van der Waals surface area contributed by atoms with Gasteiger partial charge in [-0.05, 0) is 24.3 Å². The molecule has 3 rings (SSSR count). The molecule has 0 bridgehead atoms. The van der Waals surface area contributed by atoms with Gasteiger partial charge in [-0.3, -0.25) is 10.9 Å². The van der Waals surface area contributed by atoms with Gasteiger partial charge in [0.2, 0.25) is 0 Å². The lowest BCUT2D eigenvalue weighted by Crippen LogP contribution is -1.98. The number of hydrogen-bond acceptors (Lipinski definition) is 10. The van der Waals surface area contributed by atoms with Crippen LogP contribution in [-0.4, -0.2) is 42.8 Å². The third-order valence-corrected chi connectivity index (χ3v) is 3.52. The van der Waals surface area contributed by atoms with Crippen molar-refractivity contribution in [3.63, 3.8) is 0 Å². The van der Waals surface area contributed by atoms with Crippen LogP contribution >= 0.6 is 0 Å². The highest BCUT2D eigenvalue weighted by Gasteiger charge is 2.04. The first-order valence-corrected chi connectivity index (χ1v) is 7.96. The second-order valence-corrected chi connectivity index (χ2v) is 5.46. The van der Waals surface area contributed by atoms with E-state index in [-0.39, 0.29) is 23.0 Å². The van der Waals surface area contributed by atoms with Crippen LogP contribution in [0.15, 0.2) is 59.0 Å². The fraction of sp³-hybridized carbons (Fsp3) is 0. The Morgan fingerprint density at radius 2 is 1.18 bits per heavy atom. The molecule has 0 spiro atoms. The number of aromatic hydroxyl groups is 4. The molecule has 0 saturated carbocycles. The van der Waals surface area contributed by atoms with Gasteiger partial charge in [0.25, 0.3) is 0 Å². The van der Waals surface area contributed by atoms with Crippen LogP contribution in [0.1, 0.15) is 11.1 Å². The van der Waals surface area contributed by atoms with Crippen LogP contribution in [0.4, 0.5) is 11.6 Å². The zero-order valence-corrected chi connectivity index (χ0v) is 14.4. The lowest BCUT2D eigenvalue weighted by atomic mass is 10.2. The van der Waals surface area contributed by atoms with Crippen molar-refractivity contribution in [1.29, 1.82) is 0 Å². The van der Waals surface area contributed by atoms with E-state index in [1.165, 1.54) is 37.0 Å². The highest BCUT2D eigenvalue weighted by atomic mass is 16.3. The summed E-state index contributed by atoms with van der Waals surface area (Å²) in [4.78, 5) is 7.98. The molecule has 0 saturated heterocycles. The smallest absolute Gasteiger partial charge is 0.166 e. The van der Waals surface area contributed by atoms with Crippen molar-refractivity contribution in [2.45, 2.75) is 0 Å². The minimum atomic E-state index is -0.275. The summed E-state index contributed by atoms with van der Waals surface area (Å²) in [6.07, 6.45) is 3.94. The third-order valence-electron chi connectivity index (χ3n) is 3.52. The number of nitrogens with one attached hydrogen (secondary N) is 2. The second-order valence-electron chi connectivity index (χ2n) is 5.46. The van der Waals surface area contributed by atoms with Gasteiger partial charge in [-0.2, -0.15) is 10.2 Å². The molecule has 0 amide bonds. The van der Waals surface area contributed by atoms with Gasteiger partial charge >= 0.3 is 0 Å². The summed E-state index contributed by atoms with van der Waals surface area (Å²) in [5.41, 5.74) is 5.99. The number of benzene rings is 2. The van der Waals surface area contributed by atoms with Crippen molar-refractivity contribution >= 4 is 24.1 Å². The van der Waals surface area contributed by atoms with E-state index in [0.29, 0.717) is 22.8 Å². The molecule has 2 aromatic carbocycles. The van der Waals surface area contributed by atoms with E-state index in [4.69, 9.17) is 0 Å². The second kappa shape index (κ2) is 8.36. The molecule has 0 fully saturated rings. The highest BCUT2D eigenvalue weighted by molar-refractivity contribution is 5.85. The lowest BCUT2D eigenvalue weighted by molar-refractivity contribution is 0.403. The average Bonchev–Trinajstić information content (AvgIpc) is 2.69. The van der Waals surface area contributed by atoms with Gasteiger partial charge < -0.3 is 20.4 Å². The number of phenolic OH excluding ortho intramolecular Hbond substituents is 4. The van der Waals surface area contributed by atoms with Gasteiger partial charge in [0.05, 0.1) is 12.4 Å². The van der Waals surface area contributed by atoms with Gasteiger partial charge in [0.15, 0.2) is 34.6 Å². The van der Waals surface area contributed by atoms with Gasteiger partial charge in [0, 0.05) is 17.2 Å². The molecule has 0 aliphatic heterocycles.